The Balaban J connectivity index is 0. The van der Waals surface area contributed by atoms with E-state index in [0.717, 1.165) is 12.8 Å². The molecule has 0 rings (SSSR count). The number of rotatable bonds is 5. The van der Waals surface area contributed by atoms with Crippen LogP contribution in [0.25, 0.3) is 0 Å². The van der Waals surface area contributed by atoms with Crippen LogP contribution in [0.15, 0.2) is 4.99 Å². The molecule has 0 fully saturated rings. The fourth-order valence-corrected chi connectivity index (χ4v) is 0.809. The van der Waals surface area contributed by atoms with E-state index in [0.29, 0.717) is 6.54 Å². The van der Waals surface area contributed by atoms with Crippen LogP contribution < -0.4 is 11.5 Å². The lowest BCUT2D eigenvalue weighted by atomic mass is 10.0. The lowest BCUT2D eigenvalue weighted by molar-refractivity contribution is -0.120. The van der Waals surface area contributed by atoms with Gasteiger partial charge in [-0.1, -0.05) is 20.8 Å². The molecule has 84 valence electrons. The first kappa shape index (κ1) is 15.4. The molecule has 0 spiro atoms. The molecule has 1 atom stereocenters. The van der Waals surface area contributed by atoms with Crippen LogP contribution >= 0.6 is 0 Å². The third kappa shape index (κ3) is 10.9. The first-order chi connectivity index (χ1) is 6.54. The highest BCUT2D eigenvalue weighted by Crippen LogP contribution is 2.05. The number of guanidine groups is 1. The van der Waals surface area contributed by atoms with Crippen molar-refractivity contribution in [1.82, 2.24) is 0 Å². The van der Waals surface area contributed by atoms with Crippen LogP contribution in [0.4, 0.5) is 0 Å². The van der Waals surface area contributed by atoms with E-state index in [1.807, 2.05) is 20.8 Å². The number of carbonyl (C=O) groups excluding carboxylic acids is 1. The maximum Gasteiger partial charge on any atom is 0.185 e. The van der Waals surface area contributed by atoms with E-state index in [2.05, 4.69) is 4.99 Å². The Hall–Kier alpha value is -1.06. The molecule has 0 bridgehead atoms. The van der Waals surface area contributed by atoms with Crippen LogP contribution in [0.5, 0.6) is 0 Å². The highest BCUT2D eigenvalue weighted by molar-refractivity contribution is 5.77. The lowest BCUT2D eigenvalue weighted by Crippen LogP contribution is -2.23. The summed E-state index contributed by atoms with van der Waals surface area (Å²) < 4.78 is 0. The SMILES string of the molecule is CC.CC(=O)[C@@H](C)CCCN=C(N)N. The molecule has 0 aliphatic heterocycles. The summed E-state index contributed by atoms with van der Waals surface area (Å²) in [6.07, 6.45) is 1.71. The zero-order chi connectivity index (χ0) is 11.6. The molecular weight excluding hydrogens is 178 g/mol. The summed E-state index contributed by atoms with van der Waals surface area (Å²) >= 11 is 0. The van der Waals surface area contributed by atoms with E-state index in [-0.39, 0.29) is 17.7 Å². The predicted octanol–water partition coefficient (Wildman–Crippen LogP) is 1.29. The van der Waals surface area contributed by atoms with Gasteiger partial charge in [0, 0.05) is 12.5 Å². The second kappa shape index (κ2) is 10.0. The van der Waals surface area contributed by atoms with Crippen LogP contribution in [-0.4, -0.2) is 18.3 Å². The van der Waals surface area contributed by atoms with Crippen LogP contribution in [-0.2, 0) is 4.79 Å². The van der Waals surface area contributed by atoms with Crippen molar-refractivity contribution in [3.05, 3.63) is 0 Å². The number of Topliss-reactive ketones (excluding diaryl/α,β-unsaturated/α-hetero) is 1. The second-order valence-electron chi connectivity index (χ2n) is 2.96. The summed E-state index contributed by atoms with van der Waals surface area (Å²) in [6, 6.07) is 0. The van der Waals surface area contributed by atoms with Crippen molar-refractivity contribution in [2.24, 2.45) is 22.4 Å². The van der Waals surface area contributed by atoms with Crippen molar-refractivity contribution in [3.63, 3.8) is 0 Å². The zero-order valence-corrected chi connectivity index (χ0v) is 9.71. The van der Waals surface area contributed by atoms with Crippen molar-refractivity contribution in [2.75, 3.05) is 6.54 Å². The smallest absolute Gasteiger partial charge is 0.185 e. The molecule has 0 saturated heterocycles. The Morgan fingerprint density at radius 1 is 1.36 bits per heavy atom. The fraction of sp³-hybridized carbons (Fsp3) is 0.800. The quantitative estimate of drug-likeness (QED) is 0.399. The maximum absolute atomic E-state index is 10.8. The van der Waals surface area contributed by atoms with Gasteiger partial charge in [-0.3, -0.25) is 9.79 Å². The first-order valence-electron chi connectivity index (χ1n) is 5.10. The van der Waals surface area contributed by atoms with Gasteiger partial charge < -0.3 is 11.5 Å². The minimum atomic E-state index is 0.116. The highest BCUT2D eigenvalue weighted by Gasteiger charge is 2.05. The van der Waals surface area contributed by atoms with Gasteiger partial charge in [0.15, 0.2) is 5.96 Å². The number of nitrogens with zero attached hydrogens (tertiary/aromatic N) is 1. The molecule has 0 aliphatic rings. The molecule has 4 N–H and O–H groups in total. The highest BCUT2D eigenvalue weighted by atomic mass is 16.1. The average Bonchev–Trinajstić information content (AvgIpc) is 2.15. The van der Waals surface area contributed by atoms with E-state index in [1.165, 1.54) is 0 Å². The minimum absolute atomic E-state index is 0.116. The molecule has 4 heteroatoms. The van der Waals surface area contributed by atoms with Gasteiger partial charge in [-0.15, -0.1) is 0 Å². The van der Waals surface area contributed by atoms with Crippen molar-refractivity contribution >= 4 is 11.7 Å². The number of hydrogen-bond acceptors (Lipinski definition) is 2. The molecular formula is C10H23N3O. The monoisotopic (exact) mass is 201 g/mol. The van der Waals surface area contributed by atoms with Crippen LogP contribution in [0, 0.1) is 5.92 Å². The lowest BCUT2D eigenvalue weighted by Gasteiger charge is -2.04. The Kier molecular flexibility index (Phi) is 11.0. The van der Waals surface area contributed by atoms with Gasteiger partial charge >= 0.3 is 0 Å². The number of nitrogens with two attached hydrogens (primary N) is 2. The Bertz CT molecular complexity index is 174. The molecule has 0 radical (unpaired) electrons. The van der Waals surface area contributed by atoms with Crippen molar-refractivity contribution in [1.29, 1.82) is 0 Å². The van der Waals surface area contributed by atoms with Gasteiger partial charge in [0.2, 0.25) is 0 Å². The first-order valence-corrected chi connectivity index (χ1v) is 5.10. The largest absolute Gasteiger partial charge is 0.370 e. The second-order valence-corrected chi connectivity index (χ2v) is 2.96. The van der Waals surface area contributed by atoms with Gasteiger partial charge in [-0.25, -0.2) is 0 Å². The molecule has 0 unspecified atom stereocenters. The third-order valence-corrected chi connectivity index (χ3v) is 1.78. The Morgan fingerprint density at radius 2 is 1.86 bits per heavy atom. The van der Waals surface area contributed by atoms with E-state index < -0.39 is 0 Å². The Morgan fingerprint density at radius 3 is 2.21 bits per heavy atom. The summed E-state index contributed by atoms with van der Waals surface area (Å²) in [5.74, 6) is 0.462. The normalized spacial score (nSPS) is 10.9. The number of carbonyl (C=O) groups is 1. The van der Waals surface area contributed by atoms with Gasteiger partial charge in [0.25, 0.3) is 0 Å². The molecule has 0 aliphatic carbocycles. The van der Waals surface area contributed by atoms with Gasteiger partial charge in [0.1, 0.15) is 5.78 Å². The maximum atomic E-state index is 10.8. The van der Waals surface area contributed by atoms with Crippen molar-refractivity contribution < 1.29 is 4.79 Å². The molecule has 0 aromatic carbocycles. The fourth-order valence-electron chi connectivity index (χ4n) is 0.809. The molecule has 4 nitrogen and oxygen atoms in total. The van der Waals surface area contributed by atoms with E-state index in [4.69, 9.17) is 11.5 Å². The number of aliphatic imine (C=N–C) groups is 1. The predicted molar refractivity (Wildman–Crippen MR) is 61.1 cm³/mol. The standard InChI is InChI=1S/C8H17N3O.C2H6/c1-6(7(2)12)4-3-5-11-8(9)10;1-2/h6H,3-5H2,1-2H3,(H4,9,10,11);1-2H3/t6-;/m0./s1. The van der Waals surface area contributed by atoms with E-state index >= 15 is 0 Å². The summed E-state index contributed by atoms with van der Waals surface area (Å²) in [5, 5.41) is 0. The summed E-state index contributed by atoms with van der Waals surface area (Å²) in [5.41, 5.74) is 10.3. The molecule has 0 saturated carbocycles. The molecule has 0 aromatic rings. The van der Waals surface area contributed by atoms with Crippen molar-refractivity contribution in [3.8, 4) is 0 Å². The number of hydrogen-bond donors (Lipinski definition) is 2. The average molecular weight is 201 g/mol. The van der Waals surface area contributed by atoms with E-state index in [9.17, 15) is 4.79 Å². The Labute approximate surface area is 86.8 Å². The van der Waals surface area contributed by atoms with Gasteiger partial charge in [0.05, 0.1) is 0 Å². The summed E-state index contributed by atoms with van der Waals surface area (Å²) in [7, 11) is 0. The summed E-state index contributed by atoms with van der Waals surface area (Å²) in [6.45, 7) is 8.13. The topological polar surface area (TPSA) is 81.5 Å². The van der Waals surface area contributed by atoms with Gasteiger partial charge in [-0.2, -0.15) is 0 Å². The van der Waals surface area contributed by atoms with E-state index in [1.54, 1.807) is 6.92 Å². The van der Waals surface area contributed by atoms with Crippen molar-refractivity contribution in [2.45, 2.75) is 40.5 Å². The minimum Gasteiger partial charge on any atom is -0.370 e. The molecule has 0 heterocycles. The van der Waals surface area contributed by atoms with Crippen LogP contribution in [0.3, 0.4) is 0 Å². The zero-order valence-electron chi connectivity index (χ0n) is 9.71. The molecule has 14 heavy (non-hydrogen) atoms. The third-order valence-electron chi connectivity index (χ3n) is 1.78. The van der Waals surface area contributed by atoms with Gasteiger partial charge in [-0.05, 0) is 19.8 Å². The summed E-state index contributed by atoms with van der Waals surface area (Å²) in [4.78, 5) is 14.6. The number of ketones is 1. The molecule has 0 amide bonds. The van der Waals surface area contributed by atoms with Crippen LogP contribution in [0.1, 0.15) is 40.5 Å². The van der Waals surface area contributed by atoms with Crippen LogP contribution in [0.2, 0.25) is 0 Å². The molecule has 0 aromatic heterocycles.